The summed E-state index contributed by atoms with van der Waals surface area (Å²) in [6.07, 6.45) is 1.89. The van der Waals surface area contributed by atoms with E-state index in [0.717, 1.165) is 11.3 Å². The smallest absolute Gasteiger partial charge is 0.365 e. The summed E-state index contributed by atoms with van der Waals surface area (Å²) in [4.78, 5) is 17.2. The molecule has 0 atom stereocenters. The summed E-state index contributed by atoms with van der Waals surface area (Å²) in [5.74, 6) is -0.477. The fourth-order valence-electron chi connectivity index (χ4n) is 3.06. The summed E-state index contributed by atoms with van der Waals surface area (Å²) in [6, 6.07) is 24.4. The van der Waals surface area contributed by atoms with Crippen LogP contribution in [0.4, 0.5) is 17.1 Å². The third-order valence-electron chi connectivity index (χ3n) is 4.63. The molecule has 0 fully saturated rings. The van der Waals surface area contributed by atoms with Gasteiger partial charge >= 0.3 is 5.97 Å². The van der Waals surface area contributed by atoms with Crippen molar-refractivity contribution in [1.82, 2.24) is 0 Å². The topological polar surface area (TPSA) is 80.3 Å². The van der Waals surface area contributed by atoms with Gasteiger partial charge in [0, 0.05) is 10.6 Å². The number of hydrogen-bond donors (Lipinski definition) is 1. The first kappa shape index (κ1) is 22.6. The highest BCUT2D eigenvalue weighted by atomic mass is 35.5. The standard InChI is InChI=1S/C25H21ClN4O2S/c1-2-32-25(31)24-29-30(19-14-12-18(26)13-15-19)23(33-24)16-22(17-8-4-3-5-9-17)28-21-11-7-6-10-20(21)27/h3-16H,2,27H2,1H3. The molecule has 0 aromatic heterocycles. The minimum absolute atomic E-state index is 0.240. The maximum atomic E-state index is 12.4. The van der Waals surface area contributed by atoms with E-state index in [1.54, 1.807) is 30.1 Å². The first-order valence-electron chi connectivity index (χ1n) is 10.2. The summed E-state index contributed by atoms with van der Waals surface area (Å²) in [7, 11) is 0. The van der Waals surface area contributed by atoms with E-state index >= 15 is 0 Å². The number of benzene rings is 3. The normalized spacial score (nSPS) is 15.0. The molecule has 0 radical (unpaired) electrons. The average Bonchev–Trinajstić information content (AvgIpc) is 3.25. The third-order valence-corrected chi connectivity index (χ3v) is 5.82. The fourth-order valence-corrected chi connectivity index (χ4v) is 4.05. The van der Waals surface area contributed by atoms with Crippen molar-refractivity contribution in [3.63, 3.8) is 0 Å². The zero-order valence-corrected chi connectivity index (χ0v) is 19.4. The van der Waals surface area contributed by atoms with Crippen LogP contribution in [0.15, 0.2) is 100 Å². The Hall–Kier alpha value is -3.55. The van der Waals surface area contributed by atoms with E-state index in [9.17, 15) is 4.79 Å². The molecule has 0 saturated carbocycles. The van der Waals surface area contributed by atoms with Crippen LogP contribution >= 0.6 is 23.4 Å². The predicted octanol–water partition coefficient (Wildman–Crippen LogP) is 6.01. The highest BCUT2D eigenvalue weighted by Crippen LogP contribution is 2.36. The van der Waals surface area contributed by atoms with Gasteiger partial charge in [-0.2, -0.15) is 5.10 Å². The van der Waals surface area contributed by atoms with Crippen molar-refractivity contribution in [3.05, 3.63) is 101 Å². The molecule has 1 aliphatic rings. The molecule has 33 heavy (non-hydrogen) atoms. The molecule has 0 bridgehead atoms. The van der Waals surface area contributed by atoms with Crippen molar-refractivity contribution in [2.75, 3.05) is 17.3 Å². The van der Waals surface area contributed by atoms with Crippen LogP contribution in [0.5, 0.6) is 0 Å². The van der Waals surface area contributed by atoms with Crippen LogP contribution in [0, 0.1) is 0 Å². The first-order valence-corrected chi connectivity index (χ1v) is 11.4. The number of ether oxygens (including phenoxy) is 1. The largest absolute Gasteiger partial charge is 0.461 e. The Balaban J connectivity index is 1.81. The number of nitrogen functional groups attached to an aromatic ring is 1. The third kappa shape index (κ3) is 5.45. The number of allylic oxidation sites excluding steroid dienone is 1. The number of hydrazone groups is 1. The summed E-state index contributed by atoms with van der Waals surface area (Å²) < 4.78 is 5.17. The summed E-state index contributed by atoms with van der Waals surface area (Å²) in [5.41, 5.74) is 9.69. The molecule has 0 aliphatic carbocycles. The fraction of sp³-hybridized carbons (Fsp3) is 0.0800. The van der Waals surface area contributed by atoms with Gasteiger partial charge in [0.25, 0.3) is 0 Å². The molecular weight excluding hydrogens is 456 g/mol. The molecule has 2 N–H and O–H groups in total. The molecular formula is C25H21ClN4O2S. The molecule has 1 aliphatic heterocycles. The SMILES string of the molecule is CCOC(=O)C1=NN(c2ccc(Cl)cc2)C(=CC(=Nc2ccccc2N)c2ccccc2)S1. The van der Waals surface area contributed by atoms with Gasteiger partial charge in [-0.1, -0.05) is 54.1 Å². The molecule has 166 valence electrons. The number of rotatable bonds is 6. The lowest BCUT2D eigenvalue weighted by Crippen LogP contribution is -2.13. The van der Waals surface area contributed by atoms with Crippen molar-refractivity contribution < 1.29 is 9.53 Å². The van der Waals surface area contributed by atoms with Crippen molar-refractivity contribution in [2.24, 2.45) is 10.1 Å². The lowest BCUT2D eigenvalue weighted by atomic mass is 10.1. The van der Waals surface area contributed by atoms with Crippen molar-refractivity contribution in [2.45, 2.75) is 6.92 Å². The van der Waals surface area contributed by atoms with Gasteiger partial charge in [0.05, 0.1) is 29.4 Å². The Morgan fingerprint density at radius 3 is 2.48 bits per heavy atom. The highest BCUT2D eigenvalue weighted by molar-refractivity contribution is 8.19. The number of halogens is 1. The van der Waals surface area contributed by atoms with E-state index in [1.807, 2.05) is 66.7 Å². The quantitative estimate of drug-likeness (QED) is 0.267. The van der Waals surface area contributed by atoms with E-state index in [2.05, 4.69) is 5.10 Å². The molecule has 0 spiro atoms. The lowest BCUT2D eigenvalue weighted by molar-refractivity contribution is -0.134. The molecule has 0 saturated heterocycles. The Kier molecular flexibility index (Phi) is 7.12. The van der Waals surface area contributed by atoms with Crippen LogP contribution in [0.3, 0.4) is 0 Å². The molecule has 1 heterocycles. The minimum Gasteiger partial charge on any atom is -0.461 e. The van der Waals surface area contributed by atoms with Gasteiger partial charge in [0.1, 0.15) is 5.03 Å². The second-order valence-corrected chi connectivity index (χ2v) is 8.37. The summed E-state index contributed by atoms with van der Waals surface area (Å²) in [6.45, 7) is 2.03. The average molecular weight is 477 g/mol. The van der Waals surface area contributed by atoms with Crippen LogP contribution < -0.4 is 10.7 Å². The van der Waals surface area contributed by atoms with Gasteiger partial charge in [-0.25, -0.2) is 14.8 Å². The van der Waals surface area contributed by atoms with Crippen LogP contribution in [0.2, 0.25) is 5.02 Å². The van der Waals surface area contributed by atoms with Crippen molar-refractivity contribution in [1.29, 1.82) is 0 Å². The van der Waals surface area contributed by atoms with Gasteiger partial charge in [0.2, 0.25) is 5.04 Å². The van der Waals surface area contributed by atoms with Crippen molar-refractivity contribution in [3.8, 4) is 0 Å². The Bertz CT molecular complexity index is 1240. The number of aliphatic imine (C=N–C) groups is 1. The minimum atomic E-state index is -0.477. The first-order chi connectivity index (χ1) is 16.0. The number of nitrogens with zero attached hydrogens (tertiary/aromatic N) is 3. The van der Waals surface area contributed by atoms with Gasteiger partial charge in [-0.3, -0.25) is 0 Å². The second-order valence-electron chi connectivity index (χ2n) is 6.92. The van der Waals surface area contributed by atoms with Crippen LogP contribution in [-0.4, -0.2) is 23.3 Å². The van der Waals surface area contributed by atoms with Crippen molar-refractivity contribution >= 4 is 57.1 Å². The molecule has 8 heteroatoms. The van der Waals surface area contributed by atoms with Gasteiger partial charge in [0.15, 0.2) is 0 Å². The Morgan fingerprint density at radius 2 is 1.79 bits per heavy atom. The van der Waals surface area contributed by atoms with E-state index in [0.29, 0.717) is 27.1 Å². The maximum Gasteiger partial charge on any atom is 0.365 e. The number of para-hydroxylation sites is 2. The van der Waals surface area contributed by atoms with Crippen LogP contribution in [0.1, 0.15) is 12.5 Å². The van der Waals surface area contributed by atoms with E-state index in [1.165, 1.54) is 11.8 Å². The van der Waals surface area contributed by atoms with E-state index in [4.69, 9.17) is 27.1 Å². The molecule has 0 amide bonds. The number of carbonyl (C=O) groups excluding carboxylic acids is 1. The lowest BCUT2D eigenvalue weighted by Gasteiger charge is -2.16. The number of nitrogens with two attached hydrogens (primary N) is 1. The number of thioether (sulfide) groups is 1. The zero-order valence-electron chi connectivity index (χ0n) is 17.8. The predicted molar refractivity (Wildman–Crippen MR) is 137 cm³/mol. The molecule has 3 aromatic rings. The number of anilines is 2. The molecule has 0 unspecified atom stereocenters. The van der Waals surface area contributed by atoms with Crippen LogP contribution in [-0.2, 0) is 9.53 Å². The number of carbonyl (C=O) groups is 1. The maximum absolute atomic E-state index is 12.4. The summed E-state index contributed by atoms with van der Waals surface area (Å²) in [5, 5.41) is 7.73. The summed E-state index contributed by atoms with van der Waals surface area (Å²) >= 11 is 7.29. The van der Waals surface area contributed by atoms with E-state index < -0.39 is 5.97 Å². The van der Waals surface area contributed by atoms with Crippen LogP contribution in [0.25, 0.3) is 0 Å². The monoisotopic (exact) mass is 476 g/mol. The molecule has 6 nitrogen and oxygen atoms in total. The Morgan fingerprint density at radius 1 is 1.09 bits per heavy atom. The Labute approximate surface area is 201 Å². The number of esters is 1. The highest BCUT2D eigenvalue weighted by Gasteiger charge is 2.29. The molecule has 4 rings (SSSR count). The number of hydrogen-bond acceptors (Lipinski definition) is 7. The zero-order chi connectivity index (χ0) is 23.2. The second kappa shape index (κ2) is 10.4. The van der Waals surface area contributed by atoms with E-state index in [-0.39, 0.29) is 11.7 Å². The van der Waals surface area contributed by atoms with Gasteiger partial charge < -0.3 is 10.5 Å². The van der Waals surface area contributed by atoms with Gasteiger partial charge in [-0.05, 0) is 61.2 Å². The van der Waals surface area contributed by atoms with Gasteiger partial charge in [-0.15, -0.1) is 0 Å². The molecule has 3 aromatic carbocycles.